The SMILES string of the molecule is CN=C(NCCOc1ccc(C(F)(F)F)cn1)NC1CCN(c2ccccc2)CC1. The van der Waals surface area contributed by atoms with Crippen LogP contribution in [0.15, 0.2) is 53.7 Å². The van der Waals surface area contributed by atoms with Crippen LogP contribution < -0.4 is 20.3 Å². The number of ether oxygens (including phenoxy) is 1. The second-order valence-corrected chi connectivity index (χ2v) is 6.97. The van der Waals surface area contributed by atoms with Crippen molar-refractivity contribution in [3.05, 3.63) is 54.2 Å². The van der Waals surface area contributed by atoms with Crippen molar-refractivity contribution in [2.75, 3.05) is 38.2 Å². The molecule has 1 aromatic heterocycles. The van der Waals surface area contributed by atoms with E-state index in [0.717, 1.165) is 38.2 Å². The molecule has 162 valence electrons. The number of guanidine groups is 1. The number of halogens is 3. The predicted octanol–water partition coefficient (Wildman–Crippen LogP) is 3.31. The summed E-state index contributed by atoms with van der Waals surface area (Å²) in [6.45, 7) is 2.65. The van der Waals surface area contributed by atoms with E-state index in [0.29, 0.717) is 18.5 Å². The molecule has 6 nitrogen and oxygen atoms in total. The van der Waals surface area contributed by atoms with Gasteiger partial charge in [0, 0.05) is 44.1 Å². The standard InChI is InChI=1S/C21H26F3N5O/c1-25-20(26-11-14-30-19-8-7-16(15-27-19)21(22,23)24)28-17-9-12-29(13-10-17)18-5-3-2-4-6-18/h2-8,15,17H,9-14H2,1H3,(H2,25,26,28). The second-order valence-electron chi connectivity index (χ2n) is 6.97. The molecule has 1 fully saturated rings. The highest BCUT2D eigenvalue weighted by Gasteiger charge is 2.30. The Bertz CT molecular complexity index is 804. The molecule has 1 aromatic carbocycles. The molecule has 0 aliphatic carbocycles. The number of rotatable bonds is 6. The predicted molar refractivity (Wildman–Crippen MR) is 111 cm³/mol. The minimum Gasteiger partial charge on any atom is -0.476 e. The van der Waals surface area contributed by atoms with Crippen molar-refractivity contribution in [3.8, 4) is 5.88 Å². The topological polar surface area (TPSA) is 61.8 Å². The van der Waals surface area contributed by atoms with Crippen LogP contribution in [0.1, 0.15) is 18.4 Å². The molecule has 0 amide bonds. The van der Waals surface area contributed by atoms with Crippen LogP contribution in [0.5, 0.6) is 5.88 Å². The van der Waals surface area contributed by atoms with Gasteiger partial charge in [0.1, 0.15) is 6.61 Å². The Morgan fingerprint density at radius 2 is 1.90 bits per heavy atom. The highest BCUT2D eigenvalue weighted by atomic mass is 19.4. The molecular formula is C21H26F3N5O. The van der Waals surface area contributed by atoms with Gasteiger partial charge in [-0.3, -0.25) is 4.99 Å². The lowest BCUT2D eigenvalue weighted by Crippen LogP contribution is -2.49. The van der Waals surface area contributed by atoms with Crippen LogP contribution in [0.25, 0.3) is 0 Å². The molecule has 30 heavy (non-hydrogen) atoms. The number of benzene rings is 1. The number of alkyl halides is 3. The monoisotopic (exact) mass is 421 g/mol. The zero-order chi connectivity index (χ0) is 21.4. The van der Waals surface area contributed by atoms with Gasteiger partial charge in [-0.2, -0.15) is 13.2 Å². The van der Waals surface area contributed by atoms with Gasteiger partial charge in [-0.05, 0) is 31.0 Å². The quantitative estimate of drug-likeness (QED) is 0.426. The molecule has 9 heteroatoms. The van der Waals surface area contributed by atoms with Crippen molar-refractivity contribution < 1.29 is 17.9 Å². The van der Waals surface area contributed by atoms with E-state index in [1.54, 1.807) is 7.05 Å². The van der Waals surface area contributed by atoms with Crippen LogP contribution in [0.3, 0.4) is 0 Å². The number of hydrogen-bond donors (Lipinski definition) is 2. The minimum absolute atomic E-state index is 0.154. The number of aliphatic imine (C=N–C) groups is 1. The van der Waals surface area contributed by atoms with E-state index in [4.69, 9.17) is 4.74 Å². The molecule has 0 saturated carbocycles. The van der Waals surface area contributed by atoms with E-state index in [-0.39, 0.29) is 12.5 Å². The fraction of sp³-hybridized carbons (Fsp3) is 0.429. The van der Waals surface area contributed by atoms with E-state index in [1.165, 1.54) is 11.8 Å². The van der Waals surface area contributed by atoms with Gasteiger partial charge in [0.25, 0.3) is 0 Å². The molecule has 2 aromatic rings. The van der Waals surface area contributed by atoms with Crippen molar-refractivity contribution >= 4 is 11.6 Å². The van der Waals surface area contributed by atoms with Gasteiger partial charge in [0.2, 0.25) is 5.88 Å². The number of hydrogen-bond acceptors (Lipinski definition) is 4. The van der Waals surface area contributed by atoms with Crippen molar-refractivity contribution in [2.24, 2.45) is 4.99 Å². The zero-order valence-electron chi connectivity index (χ0n) is 16.8. The fourth-order valence-electron chi connectivity index (χ4n) is 3.27. The van der Waals surface area contributed by atoms with Crippen molar-refractivity contribution in [3.63, 3.8) is 0 Å². The summed E-state index contributed by atoms with van der Waals surface area (Å²) < 4.78 is 43.0. The van der Waals surface area contributed by atoms with Gasteiger partial charge in [0.05, 0.1) is 12.1 Å². The summed E-state index contributed by atoms with van der Waals surface area (Å²) in [6.07, 6.45) is -1.63. The van der Waals surface area contributed by atoms with Gasteiger partial charge < -0.3 is 20.3 Å². The van der Waals surface area contributed by atoms with Crippen LogP contribution >= 0.6 is 0 Å². The molecule has 1 aliphatic rings. The van der Waals surface area contributed by atoms with Gasteiger partial charge in [-0.25, -0.2) is 4.98 Å². The maximum absolute atomic E-state index is 12.5. The van der Waals surface area contributed by atoms with Crippen LogP contribution in [-0.2, 0) is 6.18 Å². The number of nitrogens with zero attached hydrogens (tertiary/aromatic N) is 3. The van der Waals surface area contributed by atoms with Crippen molar-refractivity contribution in [1.82, 2.24) is 15.6 Å². The van der Waals surface area contributed by atoms with Gasteiger partial charge in [-0.1, -0.05) is 18.2 Å². The van der Waals surface area contributed by atoms with E-state index in [1.807, 2.05) is 18.2 Å². The Kier molecular flexibility index (Phi) is 7.37. The average molecular weight is 421 g/mol. The first-order valence-corrected chi connectivity index (χ1v) is 9.89. The maximum atomic E-state index is 12.5. The molecule has 2 N–H and O–H groups in total. The van der Waals surface area contributed by atoms with Gasteiger partial charge in [-0.15, -0.1) is 0 Å². The lowest BCUT2D eigenvalue weighted by molar-refractivity contribution is -0.137. The Labute approximate surface area is 174 Å². The van der Waals surface area contributed by atoms with Crippen molar-refractivity contribution in [1.29, 1.82) is 0 Å². The molecule has 1 aliphatic heterocycles. The summed E-state index contributed by atoms with van der Waals surface area (Å²) in [4.78, 5) is 10.3. The Morgan fingerprint density at radius 3 is 2.50 bits per heavy atom. The van der Waals surface area contributed by atoms with E-state index in [9.17, 15) is 13.2 Å². The van der Waals surface area contributed by atoms with Crippen LogP contribution in [-0.4, -0.2) is 50.3 Å². The summed E-state index contributed by atoms with van der Waals surface area (Å²) in [5.41, 5.74) is 0.448. The summed E-state index contributed by atoms with van der Waals surface area (Å²) in [5.74, 6) is 0.832. The third kappa shape index (κ3) is 6.27. The van der Waals surface area contributed by atoms with Crippen LogP contribution in [0.2, 0.25) is 0 Å². The van der Waals surface area contributed by atoms with E-state index in [2.05, 4.69) is 37.6 Å². The molecule has 3 rings (SSSR count). The second kappa shape index (κ2) is 10.2. The Morgan fingerprint density at radius 1 is 1.17 bits per heavy atom. The molecule has 0 unspecified atom stereocenters. The molecular weight excluding hydrogens is 395 g/mol. The zero-order valence-corrected chi connectivity index (χ0v) is 16.8. The third-order valence-corrected chi connectivity index (χ3v) is 4.89. The average Bonchev–Trinajstić information content (AvgIpc) is 2.76. The summed E-state index contributed by atoms with van der Waals surface area (Å²) in [6, 6.07) is 12.9. The Balaban J connectivity index is 1.36. The number of pyridine rings is 1. The molecule has 2 heterocycles. The first-order chi connectivity index (χ1) is 14.5. The molecule has 0 atom stereocenters. The molecule has 0 bridgehead atoms. The highest BCUT2D eigenvalue weighted by molar-refractivity contribution is 5.80. The molecule has 0 radical (unpaired) electrons. The van der Waals surface area contributed by atoms with Crippen LogP contribution in [0, 0.1) is 0 Å². The van der Waals surface area contributed by atoms with Gasteiger partial charge in [0.15, 0.2) is 5.96 Å². The number of para-hydroxylation sites is 1. The maximum Gasteiger partial charge on any atom is 0.417 e. The van der Waals surface area contributed by atoms with Crippen molar-refractivity contribution in [2.45, 2.75) is 25.1 Å². The number of nitrogens with one attached hydrogen (secondary N) is 2. The summed E-state index contributed by atoms with van der Waals surface area (Å²) in [7, 11) is 1.70. The lowest BCUT2D eigenvalue weighted by atomic mass is 10.0. The smallest absolute Gasteiger partial charge is 0.417 e. The third-order valence-electron chi connectivity index (χ3n) is 4.89. The number of anilines is 1. The van der Waals surface area contributed by atoms with Crippen LogP contribution in [0.4, 0.5) is 18.9 Å². The minimum atomic E-state index is -4.40. The largest absolute Gasteiger partial charge is 0.476 e. The first-order valence-electron chi connectivity index (χ1n) is 9.89. The van der Waals surface area contributed by atoms with E-state index < -0.39 is 11.7 Å². The number of piperidine rings is 1. The molecule has 1 saturated heterocycles. The van der Waals surface area contributed by atoms with Gasteiger partial charge >= 0.3 is 6.18 Å². The highest BCUT2D eigenvalue weighted by Crippen LogP contribution is 2.29. The Hall–Kier alpha value is -2.97. The summed E-state index contributed by atoms with van der Waals surface area (Å²) in [5, 5.41) is 6.57. The number of aromatic nitrogens is 1. The molecule has 0 spiro atoms. The lowest BCUT2D eigenvalue weighted by Gasteiger charge is -2.34. The normalized spacial score (nSPS) is 15.7. The van der Waals surface area contributed by atoms with E-state index >= 15 is 0 Å². The fourth-order valence-corrected chi connectivity index (χ4v) is 3.27. The summed E-state index contributed by atoms with van der Waals surface area (Å²) >= 11 is 0. The first kappa shape index (κ1) is 21.7.